The summed E-state index contributed by atoms with van der Waals surface area (Å²) in [4.78, 5) is 82.0. The highest BCUT2D eigenvalue weighted by Crippen LogP contribution is 2.28. The number of urea groups is 1. The quantitative estimate of drug-likeness (QED) is 0.170. The standard InChI is InChI=1S/C53H56N12O6/c1-35-45-28-42(8-9-44(45)52(69)65(58-35)47-11-12-48(66)57-51(47)68)61-24-22-60(23-25-61)32-36-14-18-62(19-15-36)53(70)63-20-16-37(17-21-63)34-71-43-30-55-50(56-31-43)41-7-3-5-39(27-41)33-64-49(67)13-10-46(59-64)40-6-2-4-38(26-40)29-54/h2-10,13,26-28,30-31,36-37,47H,11-12,14-25,32-34H2,1H3,(H,57,66,68). The molecule has 3 aromatic heterocycles. The highest BCUT2D eigenvalue weighted by molar-refractivity contribution is 5.99. The largest absolute Gasteiger partial charge is 0.490 e. The molecule has 3 aromatic carbocycles. The third kappa shape index (κ3) is 10.6. The average molecular weight is 957 g/mol. The molecule has 6 aromatic rings. The lowest BCUT2D eigenvalue weighted by Crippen LogP contribution is -2.51. The van der Waals surface area contributed by atoms with Gasteiger partial charge in [-0.1, -0.05) is 30.3 Å². The first-order valence-corrected chi connectivity index (χ1v) is 24.6. The molecule has 1 N–H and O–H groups in total. The molecule has 18 nitrogen and oxygen atoms in total. The van der Waals surface area contributed by atoms with Crippen LogP contribution in [-0.2, 0) is 16.1 Å². The van der Waals surface area contributed by atoms with Crippen molar-refractivity contribution in [1.82, 2.24) is 49.5 Å². The van der Waals surface area contributed by atoms with Crippen LogP contribution in [0.2, 0.25) is 0 Å². The number of likely N-dealkylation sites (tertiary alicyclic amines) is 2. The van der Waals surface area contributed by atoms with Crippen LogP contribution in [0.4, 0.5) is 10.5 Å². The molecule has 0 saturated carbocycles. The van der Waals surface area contributed by atoms with Gasteiger partial charge in [0.2, 0.25) is 5.91 Å². The summed E-state index contributed by atoms with van der Waals surface area (Å²) < 4.78 is 8.78. The second-order valence-corrected chi connectivity index (χ2v) is 19.1. The van der Waals surface area contributed by atoms with Crippen LogP contribution in [0.1, 0.15) is 61.4 Å². The van der Waals surface area contributed by atoms with Crippen molar-refractivity contribution < 1.29 is 19.1 Å². The van der Waals surface area contributed by atoms with E-state index in [1.165, 1.54) is 15.4 Å². The van der Waals surface area contributed by atoms with Gasteiger partial charge in [-0.2, -0.15) is 15.5 Å². The summed E-state index contributed by atoms with van der Waals surface area (Å²) in [6.45, 7) is 10.2. The molecule has 0 bridgehead atoms. The number of ether oxygens (including phenoxy) is 1. The Morgan fingerprint density at radius 3 is 2.21 bits per heavy atom. The molecule has 0 radical (unpaired) electrons. The summed E-state index contributed by atoms with van der Waals surface area (Å²) in [5.74, 6) is 1.16. The predicted octanol–water partition coefficient (Wildman–Crippen LogP) is 5.03. The van der Waals surface area contributed by atoms with Gasteiger partial charge in [-0.25, -0.2) is 24.1 Å². The second kappa shape index (κ2) is 20.7. The molecule has 0 spiro atoms. The van der Waals surface area contributed by atoms with Crippen LogP contribution in [0, 0.1) is 30.1 Å². The zero-order valence-corrected chi connectivity index (χ0v) is 39.8. The normalized spacial score (nSPS) is 18.4. The van der Waals surface area contributed by atoms with Gasteiger partial charge >= 0.3 is 6.03 Å². The van der Waals surface area contributed by atoms with E-state index in [4.69, 9.17) is 4.74 Å². The van der Waals surface area contributed by atoms with Crippen molar-refractivity contribution >= 4 is 34.3 Å². The van der Waals surface area contributed by atoms with E-state index < -0.39 is 11.9 Å². The molecule has 18 heteroatoms. The maximum absolute atomic E-state index is 13.6. The third-order valence-electron chi connectivity index (χ3n) is 14.4. The number of amides is 4. The smallest absolute Gasteiger partial charge is 0.319 e. The topological polar surface area (TPSA) is 205 Å². The van der Waals surface area contributed by atoms with Gasteiger partial charge in [-0.05, 0) is 98.9 Å². The van der Waals surface area contributed by atoms with Gasteiger partial charge < -0.3 is 19.4 Å². The van der Waals surface area contributed by atoms with Crippen LogP contribution in [0.25, 0.3) is 33.4 Å². The van der Waals surface area contributed by atoms with Crippen molar-refractivity contribution in [2.24, 2.45) is 11.8 Å². The highest BCUT2D eigenvalue weighted by atomic mass is 16.5. The van der Waals surface area contributed by atoms with Crippen LogP contribution < -0.4 is 26.1 Å². The summed E-state index contributed by atoms with van der Waals surface area (Å²) in [6.07, 6.45) is 7.51. The molecular weight excluding hydrogens is 901 g/mol. The summed E-state index contributed by atoms with van der Waals surface area (Å²) in [7, 11) is 0. The lowest BCUT2D eigenvalue weighted by molar-refractivity contribution is -0.136. The van der Waals surface area contributed by atoms with Gasteiger partial charge in [-0.15, -0.1) is 0 Å². The molecule has 1 atom stereocenters. The first kappa shape index (κ1) is 46.9. The average Bonchev–Trinajstić information content (AvgIpc) is 3.40. The van der Waals surface area contributed by atoms with E-state index >= 15 is 0 Å². The summed E-state index contributed by atoms with van der Waals surface area (Å²) in [6, 6.07) is 25.3. The van der Waals surface area contributed by atoms with Crippen molar-refractivity contribution in [3.05, 3.63) is 129 Å². The predicted molar refractivity (Wildman–Crippen MR) is 266 cm³/mol. The number of benzene rings is 3. The number of aromatic nitrogens is 6. The fraction of sp³-hybridized carbons (Fsp3) is 0.396. The Bertz CT molecular complexity index is 3130. The molecule has 71 heavy (non-hydrogen) atoms. The fourth-order valence-electron chi connectivity index (χ4n) is 10.3. The third-order valence-corrected chi connectivity index (χ3v) is 14.4. The maximum atomic E-state index is 13.6. The Balaban J connectivity index is 0.641. The fourth-order valence-corrected chi connectivity index (χ4v) is 10.3. The van der Waals surface area contributed by atoms with Crippen molar-refractivity contribution in [3.63, 3.8) is 0 Å². The van der Waals surface area contributed by atoms with Crippen molar-refractivity contribution in [1.29, 1.82) is 5.26 Å². The number of hydrogen-bond acceptors (Lipinski definition) is 13. The van der Waals surface area contributed by atoms with E-state index in [-0.39, 0.29) is 42.4 Å². The summed E-state index contributed by atoms with van der Waals surface area (Å²) >= 11 is 0. The number of fused-ring (bicyclic) bond motifs is 1. The van der Waals surface area contributed by atoms with E-state index in [9.17, 15) is 29.2 Å². The minimum atomic E-state index is -0.797. The minimum Gasteiger partial charge on any atom is -0.490 e. The molecule has 4 amide bonds. The molecule has 4 aliphatic heterocycles. The highest BCUT2D eigenvalue weighted by Gasteiger charge is 2.32. The number of nitriles is 1. The number of nitrogens with zero attached hydrogens (tertiary/aromatic N) is 11. The minimum absolute atomic E-state index is 0.138. The Hall–Kier alpha value is -7.78. The number of aryl methyl sites for hydroxylation is 1. The lowest BCUT2D eigenvalue weighted by atomic mass is 9.95. The monoisotopic (exact) mass is 956 g/mol. The van der Waals surface area contributed by atoms with Crippen LogP contribution in [0.5, 0.6) is 5.75 Å². The van der Waals surface area contributed by atoms with Gasteiger partial charge in [0.25, 0.3) is 17.0 Å². The molecule has 4 aliphatic rings. The van der Waals surface area contributed by atoms with Crippen LogP contribution in [-0.4, -0.2) is 128 Å². The molecule has 7 heterocycles. The lowest BCUT2D eigenvalue weighted by Gasteiger charge is -2.41. The summed E-state index contributed by atoms with van der Waals surface area (Å²) in [5.41, 5.74) is 4.70. The number of hydrogen-bond donors (Lipinski definition) is 1. The van der Waals surface area contributed by atoms with Crippen molar-refractivity contribution in [2.45, 2.75) is 58.0 Å². The van der Waals surface area contributed by atoms with Crippen molar-refractivity contribution in [2.75, 3.05) is 70.4 Å². The van der Waals surface area contributed by atoms with Gasteiger partial charge in [0.15, 0.2) is 11.6 Å². The molecular formula is C53H56N12O6. The van der Waals surface area contributed by atoms with Crippen LogP contribution in [0.15, 0.2) is 101 Å². The van der Waals surface area contributed by atoms with Gasteiger partial charge in [0.05, 0.1) is 54.0 Å². The van der Waals surface area contributed by atoms with Crippen LogP contribution >= 0.6 is 0 Å². The Morgan fingerprint density at radius 1 is 0.761 bits per heavy atom. The zero-order chi connectivity index (χ0) is 49.0. The van der Waals surface area contributed by atoms with Crippen molar-refractivity contribution in [3.8, 4) is 34.5 Å². The number of carbonyl (C=O) groups excluding carboxylic acids is 3. The van der Waals surface area contributed by atoms with E-state index in [1.807, 2.05) is 65.3 Å². The number of anilines is 1. The number of piperazine rings is 1. The Morgan fingerprint density at radius 2 is 1.48 bits per heavy atom. The van der Waals surface area contributed by atoms with Gasteiger partial charge in [0, 0.05) is 93.6 Å². The molecule has 4 saturated heterocycles. The number of imide groups is 1. The van der Waals surface area contributed by atoms with Crippen LogP contribution in [0.3, 0.4) is 0 Å². The molecule has 10 rings (SSSR count). The Kier molecular flexibility index (Phi) is 13.7. The number of nitrogens with one attached hydrogen (secondary N) is 1. The second-order valence-electron chi connectivity index (χ2n) is 19.1. The molecule has 364 valence electrons. The van der Waals surface area contributed by atoms with E-state index in [1.54, 1.807) is 36.7 Å². The van der Waals surface area contributed by atoms with E-state index in [0.717, 1.165) is 99.3 Å². The summed E-state index contributed by atoms with van der Waals surface area (Å²) in [5, 5.41) is 22.0. The number of piperidine rings is 3. The first-order valence-electron chi connectivity index (χ1n) is 24.6. The first-order chi connectivity index (χ1) is 34.5. The molecule has 1 unspecified atom stereocenters. The SMILES string of the molecule is Cc1nn(C2CCC(=O)NC2=O)c(=O)c2ccc(N3CCN(CC4CCN(C(=O)N5CCC(COc6cnc(-c7cccc(Cn8nc(-c9cccc(C#N)c9)ccc8=O)c7)nc6)CC5)CC4)CC3)cc12. The number of carbonyl (C=O) groups is 3. The zero-order valence-electron chi connectivity index (χ0n) is 39.8. The maximum Gasteiger partial charge on any atom is 0.319 e. The van der Waals surface area contributed by atoms with E-state index in [2.05, 4.69) is 41.4 Å². The molecule has 0 aliphatic carbocycles. The van der Waals surface area contributed by atoms with Gasteiger partial charge in [0.1, 0.15) is 6.04 Å². The van der Waals surface area contributed by atoms with E-state index in [0.29, 0.717) is 65.4 Å². The molecule has 4 fully saturated rings. The van der Waals surface area contributed by atoms with Gasteiger partial charge in [-0.3, -0.25) is 29.4 Å². The number of rotatable bonds is 11. The Labute approximate surface area is 410 Å².